The summed E-state index contributed by atoms with van der Waals surface area (Å²) in [5.74, 6) is 0.0886. The van der Waals surface area contributed by atoms with Gasteiger partial charge in [0.25, 0.3) is 0 Å². The summed E-state index contributed by atoms with van der Waals surface area (Å²) < 4.78 is 1.62. The summed E-state index contributed by atoms with van der Waals surface area (Å²) in [5, 5.41) is 11.2. The molecule has 0 saturated carbocycles. The molecule has 0 radical (unpaired) electrons. The molecule has 3 N–H and O–H groups in total. The monoisotopic (exact) mass is 201 g/mol. The highest BCUT2D eigenvalue weighted by Gasteiger charge is 2.02. The van der Waals surface area contributed by atoms with Crippen LogP contribution in [-0.4, -0.2) is 20.6 Å². The summed E-state index contributed by atoms with van der Waals surface area (Å²) in [5.41, 5.74) is 7.07. The highest BCUT2D eigenvalue weighted by molar-refractivity contribution is 5.76. The van der Waals surface area contributed by atoms with Gasteiger partial charge in [-0.2, -0.15) is 5.10 Å². The van der Waals surface area contributed by atoms with E-state index in [-0.39, 0.29) is 5.84 Å². The highest BCUT2D eigenvalue weighted by Crippen LogP contribution is 2.14. The fraction of sp³-hybridized carbons (Fsp3) is 0.100. The molecule has 2 rings (SSSR count). The molecule has 2 aromatic heterocycles. The number of nitrogens with one attached hydrogen (secondary N) is 1. The summed E-state index contributed by atoms with van der Waals surface area (Å²) in [7, 11) is 0. The van der Waals surface area contributed by atoms with Crippen molar-refractivity contribution in [2.75, 3.05) is 0 Å². The molecule has 76 valence electrons. The van der Waals surface area contributed by atoms with Crippen LogP contribution in [0, 0.1) is 5.41 Å². The van der Waals surface area contributed by atoms with Gasteiger partial charge in [0.05, 0.1) is 18.4 Å². The number of hydrogen-bond acceptors (Lipinski definition) is 3. The minimum Gasteiger partial charge on any atom is -0.386 e. The van der Waals surface area contributed by atoms with Crippen molar-refractivity contribution in [3.8, 4) is 11.3 Å². The van der Waals surface area contributed by atoms with Gasteiger partial charge < -0.3 is 5.73 Å². The lowest BCUT2D eigenvalue weighted by Gasteiger charge is -1.97. The molecule has 5 heteroatoms. The van der Waals surface area contributed by atoms with Gasteiger partial charge in [0.15, 0.2) is 0 Å². The Balaban J connectivity index is 2.24. The molecular weight excluding hydrogens is 190 g/mol. The molecule has 0 aliphatic carbocycles. The molecule has 0 saturated heterocycles. The van der Waals surface area contributed by atoms with E-state index in [4.69, 9.17) is 11.1 Å². The molecular formula is C10H11N5. The van der Waals surface area contributed by atoms with Crippen molar-refractivity contribution in [1.82, 2.24) is 14.8 Å². The van der Waals surface area contributed by atoms with Gasteiger partial charge in [-0.15, -0.1) is 0 Å². The minimum absolute atomic E-state index is 0.0886. The Morgan fingerprint density at radius 3 is 3.00 bits per heavy atom. The number of amidine groups is 1. The maximum atomic E-state index is 7.15. The Kier molecular flexibility index (Phi) is 2.45. The lowest BCUT2D eigenvalue weighted by Crippen LogP contribution is -2.17. The van der Waals surface area contributed by atoms with Crippen LogP contribution < -0.4 is 5.73 Å². The summed E-state index contributed by atoms with van der Waals surface area (Å²) in [6, 6.07) is 5.70. The third-order valence-corrected chi connectivity index (χ3v) is 1.93. The number of rotatable bonds is 3. The van der Waals surface area contributed by atoms with E-state index in [0.29, 0.717) is 6.54 Å². The highest BCUT2D eigenvalue weighted by atomic mass is 15.3. The second-order valence-electron chi connectivity index (χ2n) is 3.17. The fourth-order valence-corrected chi connectivity index (χ4v) is 1.29. The van der Waals surface area contributed by atoms with Crippen molar-refractivity contribution in [2.45, 2.75) is 6.54 Å². The number of nitrogens with zero attached hydrogens (tertiary/aromatic N) is 3. The first kappa shape index (κ1) is 9.39. The fourth-order valence-electron chi connectivity index (χ4n) is 1.29. The third kappa shape index (κ3) is 2.19. The Hall–Kier alpha value is -2.17. The molecule has 0 amide bonds. The first-order valence-corrected chi connectivity index (χ1v) is 4.52. The first-order valence-electron chi connectivity index (χ1n) is 4.52. The molecule has 0 unspecified atom stereocenters. The SMILES string of the molecule is N=C(N)Cn1cc(-c2ccccn2)cn1. The van der Waals surface area contributed by atoms with Crippen molar-refractivity contribution in [1.29, 1.82) is 5.41 Å². The predicted molar refractivity (Wildman–Crippen MR) is 57.4 cm³/mol. The first-order chi connectivity index (χ1) is 7.25. The zero-order chi connectivity index (χ0) is 10.7. The molecule has 15 heavy (non-hydrogen) atoms. The normalized spacial score (nSPS) is 10.1. The zero-order valence-electron chi connectivity index (χ0n) is 8.09. The number of pyridine rings is 1. The maximum absolute atomic E-state index is 7.15. The van der Waals surface area contributed by atoms with E-state index in [1.54, 1.807) is 17.1 Å². The van der Waals surface area contributed by atoms with Crippen molar-refractivity contribution in [3.63, 3.8) is 0 Å². The van der Waals surface area contributed by atoms with Gasteiger partial charge in [0.2, 0.25) is 0 Å². The van der Waals surface area contributed by atoms with Gasteiger partial charge in [-0.25, -0.2) is 0 Å². The van der Waals surface area contributed by atoms with Crippen molar-refractivity contribution < 1.29 is 0 Å². The summed E-state index contributed by atoms with van der Waals surface area (Å²) in [6.45, 7) is 0.312. The molecule has 0 aromatic carbocycles. The second-order valence-corrected chi connectivity index (χ2v) is 3.17. The Morgan fingerprint density at radius 1 is 1.47 bits per heavy atom. The summed E-state index contributed by atoms with van der Waals surface area (Å²) in [4.78, 5) is 4.20. The molecule has 0 aliphatic heterocycles. The van der Waals surface area contributed by atoms with E-state index in [1.165, 1.54) is 0 Å². The van der Waals surface area contributed by atoms with Crippen molar-refractivity contribution >= 4 is 5.84 Å². The number of nitrogens with two attached hydrogens (primary N) is 1. The van der Waals surface area contributed by atoms with E-state index in [2.05, 4.69) is 10.1 Å². The van der Waals surface area contributed by atoms with Crippen LogP contribution >= 0.6 is 0 Å². The molecule has 0 bridgehead atoms. The van der Waals surface area contributed by atoms with Gasteiger partial charge in [0.1, 0.15) is 5.84 Å². The van der Waals surface area contributed by atoms with E-state index in [1.807, 2.05) is 24.4 Å². The molecule has 2 heterocycles. The van der Waals surface area contributed by atoms with Crippen molar-refractivity contribution in [2.24, 2.45) is 5.73 Å². The average molecular weight is 201 g/mol. The lowest BCUT2D eigenvalue weighted by atomic mass is 10.2. The molecule has 0 fully saturated rings. The van der Waals surface area contributed by atoms with Crippen LogP contribution in [0.1, 0.15) is 0 Å². The topological polar surface area (TPSA) is 80.6 Å². The standard InChI is InChI=1S/C10H11N5/c11-10(12)7-15-6-8(5-14-15)9-3-1-2-4-13-9/h1-6H,7H2,(H3,11,12). The molecule has 5 nitrogen and oxygen atoms in total. The molecule has 0 aliphatic rings. The summed E-state index contributed by atoms with van der Waals surface area (Å²) in [6.07, 6.45) is 5.27. The Bertz CT molecular complexity index is 460. The van der Waals surface area contributed by atoms with E-state index in [9.17, 15) is 0 Å². The third-order valence-electron chi connectivity index (χ3n) is 1.93. The Labute approximate surface area is 87.1 Å². The van der Waals surface area contributed by atoms with Crippen LogP contribution in [0.5, 0.6) is 0 Å². The molecule has 0 atom stereocenters. The quantitative estimate of drug-likeness (QED) is 0.571. The smallest absolute Gasteiger partial charge is 0.113 e. The lowest BCUT2D eigenvalue weighted by molar-refractivity contribution is 0.718. The van der Waals surface area contributed by atoms with Crippen LogP contribution in [0.25, 0.3) is 11.3 Å². The van der Waals surface area contributed by atoms with E-state index < -0.39 is 0 Å². The van der Waals surface area contributed by atoms with Gasteiger partial charge in [-0.1, -0.05) is 6.07 Å². The van der Waals surface area contributed by atoms with Gasteiger partial charge in [0, 0.05) is 18.0 Å². The Morgan fingerprint density at radius 2 is 2.33 bits per heavy atom. The molecule has 2 aromatic rings. The van der Waals surface area contributed by atoms with Gasteiger partial charge >= 0.3 is 0 Å². The van der Waals surface area contributed by atoms with Gasteiger partial charge in [-0.05, 0) is 12.1 Å². The van der Waals surface area contributed by atoms with E-state index in [0.717, 1.165) is 11.3 Å². The van der Waals surface area contributed by atoms with Crippen LogP contribution in [0.3, 0.4) is 0 Å². The predicted octanol–water partition coefficient (Wildman–Crippen LogP) is 0.881. The van der Waals surface area contributed by atoms with Crippen molar-refractivity contribution in [3.05, 3.63) is 36.8 Å². The van der Waals surface area contributed by atoms with Crippen LogP contribution in [-0.2, 0) is 6.54 Å². The van der Waals surface area contributed by atoms with E-state index >= 15 is 0 Å². The maximum Gasteiger partial charge on any atom is 0.113 e. The minimum atomic E-state index is 0.0886. The molecule has 0 spiro atoms. The number of hydrogen-bond donors (Lipinski definition) is 2. The average Bonchev–Trinajstić information content (AvgIpc) is 2.67. The van der Waals surface area contributed by atoms with Crippen LogP contribution in [0.15, 0.2) is 36.8 Å². The number of aromatic nitrogens is 3. The van der Waals surface area contributed by atoms with Gasteiger partial charge in [-0.3, -0.25) is 15.1 Å². The summed E-state index contributed by atoms with van der Waals surface area (Å²) >= 11 is 0. The second kappa shape index (κ2) is 3.91. The largest absolute Gasteiger partial charge is 0.386 e. The zero-order valence-corrected chi connectivity index (χ0v) is 8.09. The van der Waals surface area contributed by atoms with Crippen LogP contribution in [0.2, 0.25) is 0 Å². The van der Waals surface area contributed by atoms with Crippen LogP contribution in [0.4, 0.5) is 0 Å².